The molecule has 86 valence electrons. The van der Waals surface area contributed by atoms with E-state index in [4.69, 9.17) is 27.6 Å². The van der Waals surface area contributed by atoms with Crippen molar-refractivity contribution in [2.75, 3.05) is 0 Å². The fourth-order valence-corrected chi connectivity index (χ4v) is 2.34. The molecule has 0 N–H and O–H groups in total. The molecule has 3 heteroatoms. The number of benzene rings is 2. The van der Waals surface area contributed by atoms with Crippen molar-refractivity contribution in [3.8, 4) is 0 Å². The lowest BCUT2D eigenvalue weighted by Gasteiger charge is -1.98. The predicted octanol–water partition coefficient (Wildman–Crippen LogP) is 5.51. The van der Waals surface area contributed by atoms with Crippen molar-refractivity contribution in [2.45, 2.75) is 13.8 Å². The summed E-state index contributed by atoms with van der Waals surface area (Å²) < 4.78 is 5.78. The summed E-state index contributed by atoms with van der Waals surface area (Å²) in [7, 11) is 0. The van der Waals surface area contributed by atoms with E-state index in [9.17, 15) is 0 Å². The summed E-state index contributed by atoms with van der Waals surface area (Å²) in [5.41, 5.74) is 4.11. The van der Waals surface area contributed by atoms with Crippen LogP contribution in [0.2, 0.25) is 10.0 Å². The lowest BCUT2D eigenvalue weighted by molar-refractivity contribution is 0.668. The van der Waals surface area contributed by atoms with Gasteiger partial charge in [0.05, 0.1) is 10.0 Å². The Labute approximate surface area is 109 Å². The fraction of sp³-hybridized carbons (Fsp3) is 0.143. The summed E-state index contributed by atoms with van der Waals surface area (Å²) in [4.78, 5) is 0. The summed E-state index contributed by atoms with van der Waals surface area (Å²) >= 11 is 12.0. The summed E-state index contributed by atoms with van der Waals surface area (Å²) in [5.74, 6) is 0. The van der Waals surface area contributed by atoms with Crippen molar-refractivity contribution in [1.29, 1.82) is 0 Å². The van der Waals surface area contributed by atoms with Gasteiger partial charge in [-0.15, -0.1) is 0 Å². The largest absolute Gasteiger partial charge is 0.456 e. The zero-order valence-corrected chi connectivity index (χ0v) is 11.0. The van der Waals surface area contributed by atoms with Crippen LogP contribution in [0.4, 0.5) is 0 Å². The van der Waals surface area contributed by atoms with E-state index in [0.717, 1.165) is 21.9 Å². The van der Waals surface area contributed by atoms with Crippen molar-refractivity contribution in [2.24, 2.45) is 0 Å². The van der Waals surface area contributed by atoms with Crippen molar-refractivity contribution in [3.05, 3.63) is 45.4 Å². The van der Waals surface area contributed by atoms with E-state index in [1.165, 1.54) is 11.1 Å². The monoisotopic (exact) mass is 264 g/mol. The van der Waals surface area contributed by atoms with Crippen LogP contribution < -0.4 is 0 Å². The highest BCUT2D eigenvalue weighted by atomic mass is 35.5. The average molecular weight is 265 g/mol. The maximum Gasteiger partial charge on any atom is 0.137 e. The number of aryl methyl sites for hydroxylation is 2. The van der Waals surface area contributed by atoms with Gasteiger partial charge in [0.25, 0.3) is 0 Å². The zero-order valence-electron chi connectivity index (χ0n) is 9.47. The van der Waals surface area contributed by atoms with E-state index in [1.807, 2.05) is 12.1 Å². The van der Waals surface area contributed by atoms with Gasteiger partial charge in [0.2, 0.25) is 0 Å². The maximum atomic E-state index is 6.04. The van der Waals surface area contributed by atoms with Crippen molar-refractivity contribution in [1.82, 2.24) is 0 Å². The van der Waals surface area contributed by atoms with Gasteiger partial charge >= 0.3 is 0 Å². The molecular formula is C14H10Cl2O. The minimum Gasteiger partial charge on any atom is -0.456 e. The van der Waals surface area contributed by atoms with Gasteiger partial charge in [-0.05, 0) is 43.2 Å². The maximum absolute atomic E-state index is 6.04. The van der Waals surface area contributed by atoms with E-state index >= 15 is 0 Å². The fourth-order valence-electron chi connectivity index (χ4n) is 2.03. The van der Waals surface area contributed by atoms with Crippen LogP contribution in [0.3, 0.4) is 0 Å². The first-order chi connectivity index (χ1) is 8.06. The highest BCUT2D eigenvalue weighted by molar-refractivity contribution is 6.43. The van der Waals surface area contributed by atoms with Gasteiger partial charge in [0.1, 0.15) is 11.2 Å². The van der Waals surface area contributed by atoms with Crippen LogP contribution >= 0.6 is 23.2 Å². The van der Waals surface area contributed by atoms with Crippen LogP contribution in [0, 0.1) is 13.8 Å². The molecule has 1 aromatic heterocycles. The standard InChI is InChI=1S/C14H10Cl2O/c1-7-3-9-10-5-11(15)12(16)6-14(10)17-13(9)4-8(7)2/h3-6H,1-2H3. The number of fused-ring (bicyclic) bond motifs is 3. The Kier molecular flexibility index (Phi) is 2.35. The van der Waals surface area contributed by atoms with Crippen LogP contribution in [0.5, 0.6) is 0 Å². The van der Waals surface area contributed by atoms with Gasteiger partial charge < -0.3 is 4.42 Å². The second-order valence-corrected chi connectivity index (χ2v) is 5.11. The average Bonchev–Trinajstić information content (AvgIpc) is 2.58. The van der Waals surface area contributed by atoms with E-state index in [-0.39, 0.29) is 0 Å². The topological polar surface area (TPSA) is 13.1 Å². The minimum atomic E-state index is 0.520. The molecule has 1 nitrogen and oxygen atoms in total. The van der Waals surface area contributed by atoms with Gasteiger partial charge in [0.15, 0.2) is 0 Å². The van der Waals surface area contributed by atoms with Crippen molar-refractivity contribution in [3.63, 3.8) is 0 Å². The molecule has 0 aliphatic rings. The van der Waals surface area contributed by atoms with Crippen molar-refractivity contribution >= 4 is 45.1 Å². The molecule has 2 aromatic carbocycles. The number of rotatable bonds is 0. The summed E-state index contributed by atoms with van der Waals surface area (Å²) in [5, 5.41) is 3.17. The van der Waals surface area contributed by atoms with Crippen LogP contribution in [-0.4, -0.2) is 0 Å². The molecule has 0 amide bonds. The number of halogens is 2. The van der Waals surface area contributed by atoms with E-state index < -0.39 is 0 Å². The first-order valence-electron chi connectivity index (χ1n) is 5.35. The molecule has 0 saturated carbocycles. The Bertz CT molecular complexity index is 679. The smallest absolute Gasteiger partial charge is 0.137 e. The molecule has 0 aliphatic heterocycles. The highest BCUT2D eigenvalue weighted by Crippen LogP contribution is 2.35. The molecule has 3 aromatic rings. The molecule has 0 unspecified atom stereocenters. The second-order valence-electron chi connectivity index (χ2n) is 4.30. The van der Waals surface area contributed by atoms with Crippen LogP contribution in [0.25, 0.3) is 21.9 Å². The molecule has 0 atom stereocenters. The second kappa shape index (κ2) is 3.66. The summed E-state index contributed by atoms with van der Waals surface area (Å²) in [6.45, 7) is 4.16. The Morgan fingerprint density at radius 2 is 1.29 bits per heavy atom. The van der Waals surface area contributed by atoms with E-state index in [1.54, 1.807) is 6.07 Å². The quantitative estimate of drug-likeness (QED) is 0.522. The van der Waals surface area contributed by atoms with Gasteiger partial charge in [-0.1, -0.05) is 23.2 Å². The molecule has 0 aliphatic carbocycles. The highest BCUT2D eigenvalue weighted by Gasteiger charge is 2.10. The molecular weight excluding hydrogens is 255 g/mol. The van der Waals surface area contributed by atoms with Gasteiger partial charge in [-0.3, -0.25) is 0 Å². The molecule has 0 fully saturated rings. The van der Waals surface area contributed by atoms with E-state index in [0.29, 0.717) is 10.0 Å². The lowest BCUT2D eigenvalue weighted by Crippen LogP contribution is -1.78. The van der Waals surface area contributed by atoms with Crippen LogP contribution in [0.1, 0.15) is 11.1 Å². The first kappa shape index (κ1) is 10.9. The molecule has 0 saturated heterocycles. The normalized spacial score (nSPS) is 11.5. The molecule has 0 radical (unpaired) electrons. The third-order valence-corrected chi connectivity index (χ3v) is 3.85. The van der Waals surface area contributed by atoms with Gasteiger partial charge in [-0.25, -0.2) is 0 Å². The van der Waals surface area contributed by atoms with Gasteiger partial charge in [0, 0.05) is 16.8 Å². The SMILES string of the molecule is Cc1cc2oc3cc(Cl)c(Cl)cc3c2cc1C. The first-order valence-corrected chi connectivity index (χ1v) is 6.10. The van der Waals surface area contributed by atoms with Crippen molar-refractivity contribution < 1.29 is 4.42 Å². The molecule has 0 spiro atoms. The number of hydrogen-bond donors (Lipinski definition) is 0. The van der Waals surface area contributed by atoms with Crippen LogP contribution in [-0.2, 0) is 0 Å². The third-order valence-electron chi connectivity index (χ3n) is 3.13. The van der Waals surface area contributed by atoms with E-state index in [2.05, 4.69) is 19.9 Å². The molecule has 0 bridgehead atoms. The lowest BCUT2D eigenvalue weighted by atomic mass is 10.1. The molecule has 3 rings (SSSR count). The summed E-state index contributed by atoms with van der Waals surface area (Å²) in [6.07, 6.45) is 0. The van der Waals surface area contributed by atoms with Gasteiger partial charge in [-0.2, -0.15) is 0 Å². The Balaban J connectivity index is 2.51. The summed E-state index contributed by atoms with van der Waals surface area (Å²) in [6, 6.07) is 7.80. The molecule has 1 heterocycles. The number of hydrogen-bond acceptors (Lipinski definition) is 1. The Morgan fingerprint density at radius 3 is 2.06 bits per heavy atom. The number of furan rings is 1. The predicted molar refractivity (Wildman–Crippen MR) is 73.2 cm³/mol. The third kappa shape index (κ3) is 1.62. The Hall–Kier alpha value is -1.18. The Morgan fingerprint density at radius 1 is 0.765 bits per heavy atom. The minimum absolute atomic E-state index is 0.520. The van der Waals surface area contributed by atoms with Crippen LogP contribution in [0.15, 0.2) is 28.7 Å². The zero-order chi connectivity index (χ0) is 12.2. The molecule has 17 heavy (non-hydrogen) atoms.